The number of nitrogens with zero attached hydrogens (tertiary/aromatic N) is 2. The maximum absolute atomic E-state index is 13.7. The van der Waals surface area contributed by atoms with Crippen molar-refractivity contribution in [2.24, 2.45) is 0 Å². The van der Waals surface area contributed by atoms with Crippen LogP contribution < -0.4 is 24.0 Å². The summed E-state index contributed by atoms with van der Waals surface area (Å²) in [5, 5.41) is 0. The number of rotatable bonds is 9. The van der Waals surface area contributed by atoms with Crippen molar-refractivity contribution in [2.45, 2.75) is 6.43 Å². The molecular formula is C29H18F2N2O8. The number of hydrogen-bond acceptors (Lipinski definition) is 8. The predicted molar refractivity (Wildman–Crippen MR) is 139 cm³/mol. The van der Waals surface area contributed by atoms with E-state index in [1.165, 1.54) is 60.7 Å². The van der Waals surface area contributed by atoms with E-state index in [9.17, 15) is 32.8 Å². The molecule has 10 nitrogen and oxygen atoms in total. The monoisotopic (exact) mass is 560 g/mol. The van der Waals surface area contributed by atoms with Gasteiger partial charge in [0.25, 0.3) is 30.1 Å². The summed E-state index contributed by atoms with van der Waals surface area (Å²) in [5.41, 5.74) is 0.124. The van der Waals surface area contributed by atoms with Crippen molar-refractivity contribution < 1.29 is 47.0 Å². The number of anilines is 2. The Hall–Kier alpha value is -5.65. The third-order valence-corrected chi connectivity index (χ3v) is 5.94. The topological polar surface area (TPSA) is 120 Å². The SMILES string of the molecule is O=C(Oc1ccc(OCOc2ccc(N3C(=O)C=CC3=O)cc2)c(C(F)F)c1)c1ccc(N2C(=O)C=CC2=O)cc1. The first kappa shape index (κ1) is 26.9. The first-order valence-electron chi connectivity index (χ1n) is 11.9. The number of alkyl halides is 2. The summed E-state index contributed by atoms with van der Waals surface area (Å²) in [5.74, 6) is -2.87. The predicted octanol–water partition coefficient (Wildman–Crippen LogP) is 4.12. The number of imide groups is 2. The Labute approximate surface area is 230 Å². The fourth-order valence-electron chi connectivity index (χ4n) is 3.97. The molecule has 0 aromatic heterocycles. The normalized spacial score (nSPS) is 14.4. The molecule has 3 aromatic rings. The molecule has 5 rings (SSSR count). The van der Waals surface area contributed by atoms with E-state index in [2.05, 4.69) is 0 Å². The number of benzene rings is 3. The molecule has 0 N–H and O–H groups in total. The number of amides is 4. The quantitative estimate of drug-likeness (QED) is 0.166. The zero-order valence-corrected chi connectivity index (χ0v) is 20.9. The van der Waals surface area contributed by atoms with Crippen LogP contribution in [-0.2, 0) is 19.2 Å². The number of carbonyl (C=O) groups excluding carboxylic acids is 5. The van der Waals surface area contributed by atoms with Gasteiger partial charge in [-0.2, -0.15) is 0 Å². The molecule has 0 aliphatic carbocycles. The highest BCUT2D eigenvalue weighted by atomic mass is 19.3. The molecule has 0 bridgehead atoms. The second-order valence-corrected chi connectivity index (χ2v) is 8.53. The van der Waals surface area contributed by atoms with E-state index in [-0.39, 0.29) is 22.7 Å². The van der Waals surface area contributed by atoms with Gasteiger partial charge in [0.15, 0.2) is 0 Å². The van der Waals surface area contributed by atoms with Gasteiger partial charge in [-0.05, 0) is 66.7 Å². The van der Waals surface area contributed by atoms with E-state index >= 15 is 0 Å². The minimum Gasteiger partial charge on any atom is -0.457 e. The molecule has 0 atom stereocenters. The minimum atomic E-state index is -2.96. The Balaban J connectivity index is 1.19. The molecule has 2 heterocycles. The third kappa shape index (κ3) is 5.71. The molecule has 2 aliphatic heterocycles. The average molecular weight is 560 g/mol. The van der Waals surface area contributed by atoms with Gasteiger partial charge < -0.3 is 14.2 Å². The molecule has 12 heteroatoms. The largest absolute Gasteiger partial charge is 0.457 e. The van der Waals surface area contributed by atoms with E-state index < -0.39 is 48.4 Å². The number of ether oxygens (including phenoxy) is 3. The lowest BCUT2D eigenvalue weighted by molar-refractivity contribution is -0.121. The molecule has 0 spiro atoms. The summed E-state index contributed by atoms with van der Waals surface area (Å²) in [6, 6.07) is 14.8. The molecular weight excluding hydrogens is 542 g/mol. The van der Waals surface area contributed by atoms with E-state index in [0.717, 1.165) is 40.2 Å². The van der Waals surface area contributed by atoms with Gasteiger partial charge in [-0.25, -0.2) is 23.4 Å². The van der Waals surface area contributed by atoms with Crippen molar-refractivity contribution in [3.8, 4) is 17.2 Å². The van der Waals surface area contributed by atoms with Crippen LogP contribution >= 0.6 is 0 Å². The molecule has 0 radical (unpaired) electrons. The van der Waals surface area contributed by atoms with Gasteiger partial charge in [-0.1, -0.05) is 0 Å². The number of esters is 1. The maximum atomic E-state index is 13.7. The van der Waals surface area contributed by atoms with Crippen LogP contribution in [0.4, 0.5) is 20.2 Å². The molecule has 41 heavy (non-hydrogen) atoms. The molecule has 3 aromatic carbocycles. The van der Waals surface area contributed by atoms with Crippen molar-refractivity contribution >= 4 is 41.0 Å². The van der Waals surface area contributed by atoms with Gasteiger partial charge in [0.1, 0.15) is 17.2 Å². The zero-order chi connectivity index (χ0) is 29.1. The lowest BCUT2D eigenvalue weighted by atomic mass is 10.2. The Morgan fingerprint density at radius 1 is 0.659 bits per heavy atom. The molecule has 0 unspecified atom stereocenters. The summed E-state index contributed by atoms with van der Waals surface area (Å²) < 4.78 is 43.5. The molecule has 0 fully saturated rings. The van der Waals surface area contributed by atoms with Crippen LogP contribution in [-0.4, -0.2) is 36.4 Å². The Morgan fingerprint density at radius 3 is 1.66 bits per heavy atom. The summed E-state index contributed by atoms with van der Waals surface area (Å²) in [7, 11) is 0. The molecule has 0 saturated carbocycles. The summed E-state index contributed by atoms with van der Waals surface area (Å²) in [6.07, 6.45) is 1.61. The maximum Gasteiger partial charge on any atom is 0.343 e. The molecule has 0 saturated heterocycles. The third-order valence-electron chi connectivity index (χ3n) is 5.94. The van der Waals surface area contributed by atoms with Gasteiger partial charge in [-0.15, -0.1) is 0 Å². The van der Waals surface area contributed by atoms with E-state index in [1.54, 1.807) is 0 Å². The first-order chi connectivity index (χ1) is 19.7. The lowest BCUT2D eigenvalue weighted by Gasteiger charge is -2.15. The van der Waals surface area contributed by atoms with Crippen LogP contribution in [0.1, 0.15) is 22.3 Å². The van der Waals surface area contributed by atoms with Crippen LogP contribution in [0.15, 0.2) is 91.0 Å². The highest BCUT2D eigenvalue weighted by molar-refractivity contribution is 6.28. The van der Waals surface area contributed by atoms with Crippen LogP contribution in [0, 0.1) is 0 Å². The summed E-state index contributed by atoms with van der Waals surface area (Å²) >= 11 is 0. The average Bonchev–Trinajstić information content (AvgIpc) is 3.48. The highest BCUT2D eigenvalue weighted by Crippen LogP contribution is 2.33. The number of halogens is 2. The highest BCUT2D eigenvalue weighted by Gasteiger charge is 2.26. The van der Waals surface area contributed by atoms with Crippen molar-refractivity contribution in [2.75, 3.05) is 16.6 Å². The second-order valence-electron chi connectivity index (χ2n) is 8.53. The summed E-state index contributed by atoms with van der Waals surface area (Å²) in [4.78, 5) is 61.6. The van der Waals surface area contributed by atoms with Gasteiger partial charge in [0, 0.05) is 24.3 Å². The fourth-order valence-corrected chi connectivity index (χ4v) is 3.97. The van der Waals surface area contributed by atoms with E-state index in [0.29, 0.717) is 11.4 Å². The Morgan fingerprint density at radius 2 is 1.15 bits per heavy atom. The Bertz CT molecular complexity index is 1580. The van der Waals surface area contributed by atoms with Gasteiger partial charge >= 0.3 is 5.97 Å². The van der Waals surface area contributed by atoms with Gasteiger partial charge in [-0.3, -0.25) is 19.2 Å². The van der Waals surface area contributed by atoms with E-state index in [1.807, 2.05) is 0 Å². The van der Waals surface area contributed by atoms with Crippen molar-refractivity contribution in [3.05, 3.63) is 102 Å². The Kier molecular flexibility index (Phi) is 7.37. The van der Waals surface area contributed by atoms with E-state index in [4.69, 9.17) is 14.2 Å². The first-order valence-corrected chi connectivity index (χ1v) is 11.9. The van der Waals surface area contributed by atoms with Crippen LogP contribution in [0.5, 0.6) is 17.2 Å². The number of hydrogen-bond donors (Lipinski definition) is 0. The van der Waals surface area contributed by atoms with Gasteiger partial charge in [0.2, 0.25) is 6.79 Å². The van der Waals surface area contributed by atoms with Gasteiger partial charge in [0.05, 0.1) is 22.5 Å². The minimum absolute atomic E-state index is 0.0638. The molecule has 206 valence electrons. The standard InChI is InChI=1S/C29H18F2N2O8/c30-28(31)22-15-21(41-29(38)17-1-3-18(4-2-17)32-24(34)11-12-25(32)35)9-10-23(22)40-16-39-20-7-5-19(6-8-20)33-26(36)13-14-27(33)37/h1-15,28H,16H2. The number of carbonyl (C=O) groups is 5. The van der Waals surface area contributed by atoms with Crippen LogP contribution in [0.2, 0.25) is 0 Å². The summed E-state index contributed by atoms with van der Waals surface area (Å²) in [6.45, 7) is -0.439. The van der Waals surface area contributed by atoms with Crippen molar-refractivity contribution in [1.82, 2.24) is 0 Å². The molecule has 4 amide bonds. The fraction of sp³-hybridized carbons (Fsp3) is 0.0690. The van der Waals surface area contributed by atoms with Crippen LogP contribution in [0.3, 0.4) is 0 Å². The van der Waals surface area contributed by atoms with Crippen LogP contribution in [0.25, 0.3) is 0 Å². The second kappa shape index (κ2) is 11.2. The molecule has 2 aliphatic rings. The zero-order valence-electron chi connectivity index (χ0n) is 20.9. The smallest absolute Gasteiger partial charge is 0.343 e. The van der Waals surface area contributed by atoms with Crippen molar-refractivity contribution in [1.29, 1.82) is 0 Å². The van der Waals surface area contributed by atoms with Crippen molar-refractivity contribution in [3.63, 3.8) is 0 Å². The lowest BCUT2D eigenvalue weighted by Crippen LogP contribution is -2.29.